The molecule has 8 nitrogen and oxygen atoms in total. The Kier molecular flexibility index (Phi) is 5.32. The van der Waals surface area contributed by atoms with Crippen molar-refractivity contribution in [1.29, 1.82) is 0 Å². The second kappa shape index (κ2) is 7.93. The van der Waals surface area contributed by atoms with Gasteiger partial charge in [-0.05, 0) is 51.3 Å². The van der Waals surface area contributed by atoms with Crippen molar-refractivity contribution in [2.24, 2.45) is 0 Å². The Morgan fingerprint density at radius 2 is 1.93 bits per heavy atom. The molecule has 0 unspecified atom stereocenters. The van der Waals surface area contributed by atoms with Crippen molar-refractivity contribution in [3.63, 3.8) is 0 Å². The summed E-state index contributed by atoms with van der Waals surface area (Å²) in [5, 5.41) is 8.63. The molecule has 1 aliphatic rings. The van der Waals surface area contributed by atoms with Crippen LogP contribution in [0.2, 0.25) is 0 Å². The highest BCUT2D eigenvalue weighted by Gasteiger charge is 2.19. The normalized spacial score (nSPS) is 15.3. The summed E-state index contributed by atoms with van der Waals surface area (Å²) in [4.78, 5) is 21.1. The third kappa shape index (κ3) is 4.53. The number of nitrogens with zero attached hydrogens (tertiary/aromatic N) is 4. The van der Waals surface area contributed by atoms with Gasteiger partial charge in [0.15, 0.2) is 0 Å². The van der Waals surface area contributed by atoms with Gasteiger partial charge in [-0.15, -0.1) is 0 Å². The number of carbonyl (C=O) groups excluding carboxylic acids is 1. The van der Waals surface area contributed by atoms with Crippen LogP contribution in [0.4, 0.5) is 16.6 Å². The van der Waals surface area contributed by atoms with E-state index in [-0.39, 0.29) is 5.95 Å². The van der Waals surface area contributed by atoms with Crippen molar-refractivity contribution >= 4 is 28.8 Å². The predicted molar refractivity (Wildman–Crippen MR) is 117 cm³/mol. The SMILES string of the molecule is CC(C)(C)OC(=O)n1cc(-c2ccc3nc(N)nc(NC4CCCCC4)c3c2)cn1. The summed E-state index contributed by atoms with van der Waals surface area (Å²) in [6.45, 7) is 5.47. The predicted octanol–water partition coefficient (Wildman–Crippen LogP) is 4.60. The molecule has 0 spiro atoms. The first-order valence-corrected chi connectivity index (χ1v) is 10.4. The van der Waals surface area contributed by atoms with Crippen LogP contribution in [-0.4, -0.2) is 37.5 Å². The number of hydrogen-bond donors (Lipinski definition) is 2. The molecule has 0 atom stereocenters. The number of anilines is 2. The van der Waals surface area contributed by atoms with Gasteiger partial charge in [-0.1, -0.05) is 25.3 Å². The van der Waals surface area contributed by atoms with Gasteiger partial charge in [0, 0.05) is 23.2 Å². The topological polar surface area (TPSA) is 108 Å². The molecule has 2 heterocycles. The molecule has 0 aliphatic heterocycles. The van der Waals surface area contributed by atoms with Gasteiger partial charge in [0.1, 0.15) is 11.4 Å². The maximum absolute atomic E-state index is 12.3. The lowest BCUT2D eigenvalue weighted by atomic mass is 9.95. The molecule has 2 aromatic heterocycles. The van der Waals surface area contributed by atoms with Crippen LogP contribution in [0.5, 0.6) is 0 Å². The molecule has 4 rings (SSSR count). The fraction of sp³-hybridized carbons (Fsp3) is 0.455. The van der Waals surface area contributed by atoms with Gasteiger partial charge >= 0.3 is 6.09 Å². The van der Waals surface area contributed by atoms with Gasteiger partial charge in [0.2, 0.25) is 5.95 Å². The van der Waals surface area contributed by atoms with E-state index in [1.54, 1.807) is 12.4 Å². The number of nitrogens with one attached hydrogen (secondary N) is 1. The maximum Gasteiger partial charge on any atom is 0.435 e. The highest BCUT2D eigenvalue weighted by molar-refractivity contribution is 5.93. The lowest BCUT2D eigenvalue weighted by molar-refractivity contribution is 0.0514. The standard InChI is InChI=1S/C22H28N6O2/c1-22(2,3)30-21(29)28-13-15(12-24-28)14-9-10-18-17(11-14)19(27-20(23)26-18)25-16-7-5-4-6-8-16/h9-13,16H,4-8H2,1-3H3,(H3,23,25,26,27). The van der Waals surface area contributed by atoms with E-state index in [9.17, 15) is 4.79 Å². The molecular formula is C22H28N6O2. The summed E-state index contributed by atoms with van der Waals surface area (Å²) in [6, 6.07) is 6.26. The zero-order valence-corrected chi connectivity index (χ0v) is 17.7. The number of hydrogen-bond acceptors (Lipinski definition) is 7. The van der Waals surface area contributed by atoms with E-state index in [2.05, 4.69) is 20.4 Å². The Morgan fingerprint density at radius 3 is 2.67 bits per heavy atom. The van der Waals surface area contributed by atoms with Crippen LogP contribution in [-0.2, 0) is 4.74 Å². The van der Waals surface area contributed by atoms with Crippen LogP contribution >= 0.6 is 0 Å². The van der Waals surface area contributed by atoms with E-state index in [1.165, 1.54) is 23.9 Å². The van der Waals surface area contributed by atoms with Crippen LogP contribution in [0.1, 0.15) is 52.9 Å². The number of nitrogens with two attached hydrogens (primary N) is 1. The number of rotatable bonds is 3. The minimum Gasteiger partial charge on any atom is -0.442 e. The fourth-order valence-electron chi connectivity index (χ4n) is 3.76. The second-order valence-corrected chi connectivity index (χ2v) is 8.80. The van der Waals surface area contributed by atoms with Gasteiger partial charge in [-0.25, -0.2) is 9.78 Å². The van der Waals surface area contributed by atoms with E-state index in [4.69, 9.17) is 10.5 Å². The van der Waals surface area contributed by atoms with Crippen LogP contribution in [0.25, 0.3) is 22.0 Å². The molecule has 3 aromatic rings. The number of ether oxygens (including phenoxy) is 1. The summed E-state index contributed by atoms with van der Waals surface area (Å²) in [5.74, 6) is 1.01. The molecule has 3 N–H and O–H groups in total. The summed E-state index contributed by atoms with van der Waals surface area (Å²) in [5.41, 5.74) is 7.86. The van der Waals surface area contributed by atoms with E-state index < -0.39 is 11.7 Å². The van der Waals surface area contributed by atoms with Crippen molar-refractivity contribution in [2.75, 3.05) is 11.1 Å². The Bertz CT molecular complexity index is 1060. The van der Waals surface area contributed by atoms with Crippen molar-refractivity contribution in [2.45, 2.75) is 64.5 Å². The van der Waals surface area contributed by atoms with Gasteiger partial charge in [-0.3, -0.25) is 0 Å². The highest BCUT2D eigenvalue weighted by atomic mass is 16.6. The van der Waals surface area contributed by atoms with Gasteiger partial charge in [0.05, 0.1) is 11.7 Å². The van der Waals surface area contributed by atoms with Crippen molar-refractivity contribution < 1.29 is 9.53 Å². The number of aromatic nitrogens is 4. The molecule has 0 amide bonds. The quantitative estimate of drug-likeness (QED) is 0.652. The van der Waals surface area contributed by atoms with E-state index in [0.717, 1.165) is 40.7 Å². The third-order valence-electron chi connectivity index (χ3n) is 5.16. The first kappa shape index (κ1) is 20.1. The van der Waals surface area contributed by atoms with Crippen molar-refractivity contribution in [1.82, 2.24) is 19.7 Å². The lowest BCUT2D eigenvalue weighted by Crippen LogP contribution is -2.27. The number of nitrogen functional groups attached to an aromatic ring is 1. The first-order chi connectivity index (χ1) is 14.3. The molecule has 1 aliphatic carbocycles. The maximum atomic E-state index is 12.3. The Morgan fingerprint density at radius 1 is 1.17 bits per heavy atom. The third-order valence-corrected chi connectivity index (χ3v) is 5.16. The smallest absolute Gasteiger partial charge is 0.435 e. The molecule has 1 aromatic carbocycles. The number of carbonyl (C=O) groups is 1. The largest absolute Gasteiger partial charge is 0.442 e. The molecule has 1 fully saturated rings. The second-order valence-electron chi connectivity index (χ2n) is 8.80. The molecule has 0 radical (unpaired) electrons. The van der Waals surface area contributed by atoms with Gasteiger partial charge in [0.25, 0.3) is 0 Å². The highest BCUT2D eigenvalue weighted by Crippen LogP contribution is 2.30. The minimum absolute atomic E-state index is 0.256. The van der Waals surface area contributed by atoms with Crippen LogP contribution in [0, 0.1) is 0 Å². The molecule has 30 heavy (non-hydrogen) atoms. The first-order valence-electron chi connectivity index (χ1n) is 10.4. The summed E-state index contributed by atoms with van der Waals surface area (Å²) >= 11 is 0. The fourth-order valence-corrected chi connectivity index (χ4v) is 3.76. The van der Waals surface area contributed by atoms with E-state index in [1.807, 2.05) is 39.0 Å². The van der Waals surface area contributed by atoms with Crippen LogP contribution < -0.4 is 11.1 Å². The van der Waals surface area contributed by atoms with Gasteiger partial charge in [-0.2, -0.15) is 14.8 Å². The Balaban J connectivity index is 1.65. The summed E-state index contributed by atoms with van der Waals surface area (Å²) in [7, 11) is 0. The molecule has 158 valence electrons. The Labute approximate surface area is 175 Å². The number of benzene rings is 1. The average molecular weight is 409 g/mol. The summed E-state index contributed by atoms with van der Waals surface area (Å²) in [6.07, 6.45) is 8.82. The molecule has 8 heteroatoms. The number of fused-ring (bicyclic) bond motifs is 1. The minimum atomic E-state index is -0.580. The Hall–Kier alpha value is -3.16. The van der Waals surface area contributed by atoms with E-state index in [0.29, 0.717) is 6.04 Å². The molecule has 1 saturated carbocycles. The van der Waals surface area contributed by atoms with Crippen LogP contribution in [0.15, 0.2) is 30.6 Å². The van der Waals surface area contributed by atoms with E-state index >= 15 is 0 Å². The summed E-state index contributed by atoms with van der Waals surface area (Å²) < 4.78 is 6.59. The molecule has 0 bridgehead atoms. The van der Waals surface area contributed by atoms with Gasteiger partial charge < -0.3 is 15.8 Å². The zero-order valence-electron chi connectivity index (χ0n) is 17.7. The van der Waals surface area contributed by atoms with Crippen LogP contribution in [0.3, 0.4) is 0 Å². The molecule has 0 saturated heterocycles. The van der Waals surface area contributed by atoms with Crippen molar-refractivity contribution in [3.05, 3.63) is 30.6 Å². The monoisotopic (exact) mass is 408 g/mol. The van der Waals surface area contributed by atoms with Crippen molar-refractivity contribution in [3.8, 4) is 11.1 Å². The average Bonchev–Trinajstić information content (AvgIpc) is 3.18. The zero-order chi connectivity index (χ0) is 21.3. The lowest BCUT2D eigenvalue weighted by Gasteiger charge is -2.24. The molecular weight excluding hydrogens is 380 g/mol.